The molecule has 1 nitrogen and oxygen atoms in total. The molecule has 52 valence electrons. The predicted molar refractivity (Wildman–Crippen MR) is 39.5 cm³/mol. The maximum absolute atomic E-state index is 10.8. The van der Waals surface area contributed by atoms with Gasteiger partial charge in [-0.05, 0) is 20.8 Å². The summed E-state index contributed by atoms with van der Waals surface area (Å²) in [5.74, 6) is 0.0440. The Bertz CT molecular complexity index is 131. The Hall–Kier alpha value is -0.300. The van der Waals surface area contributed by atoms with Crippen LogP contribution in [0, 0.1) is 5.41 Å². The van der Waals surface area contributed by atoms with Crippen LogP contribution in [0.3, 0.4) is 0 Å². The quantitative estimate of drug-likeness (QED) is 0.585. The van der Waals surface area contributed by atoms with Gasteiger partial charge in [0, 0.05) is 5.03 Å². The smallest absolute Gasteiger partial charge is 0.140 e. The number of carbonyl (C=O) groups excluding carboxylic acids is 1. The second-order valence-electron chi connectivity index (χ2n) is 2.59. The Balaban J connectivity index is 4.38. The molecule has 0 saturated heterocycles. The van der Waals surface area contributed by atoms with E-state index >= 15 is 0 Å². The number of ketones is 1. The van der Waals surface area contributed by atoms with Crippen molar-refractivity contribution in [1.29, 1.82) is 0 Å². The van der Waals surface area contributed by atoms with Crippen molar-refractivity contribution in [2.45, 2.75) is 20.8 Å². The maximum Gasteiger partial charge on any atom is 0.140 e. The molecule has 0 rings (SSSR count). The van der Waals surface area contributed by atoms with Gasteiger partial charge in [-0.2, -0.15) is 0 Å². The highest BCUT2D eigenvalue weighted by atomic mass is 35.5. The zero-order valence-electron chi connectivity index (χ0n) is 5.99. The van der Waals surface area contributed by atoms with E-state index < -0.39 is 5.41 Å². The summed E-state index contributed by atoms with van der Waals surface area (Å²) in [6.45, 7) is 8.51. The van der Waals surface area contributed by atoms with Gasteiger partial charge in [0.1, 0.15) is 5.78 Å². The number of rotatable bonds is 2. The summed E-state index contributed by atoms with van der Waals surface area (Å²) in [6, 6.07) is 0. The zero-order valence-corrected chi connectivity index (χ0v) is 6.75. The van der Waals surface area contributed by atoms with E-state index in [0.717, 1.165) is 0 Å². The van der Waals surface area contributed by atoms with Gasteiger partial charge in [0.2, 0.25) is 0 Å². The summed E-state index contributed by atoms with van der Waals surface area (Å²) in [7, 11) is 0. The summed E-state index contributed by atoms with van der Waals surface area (Å²) in [6.07, 6.45) is 0. The van der Waals surface area contributed by atoms with Gasteiger partial charge in [-0.15, -0.1) is 0 Å². The second-order valence-corrected chi connectivity index (χ2v) is 3.04. The van der Waals surface area contributed by atoms with Crippen LogP contribution in [0.15, 0.2) is 11.6 Å². The van der Waals surface area contributed by atoms with Crippen LogP contribution in [-0.2, 0) is 4.79 Å². The fourth-order valence-corrected chi connectivity index (χ4v) is 0.324. The van der Waals surface area contributed by atoms with Gasteiger partial charge in [0.05, 0.1) is 5.41 Å². The third-order valence-electron chi connectivity index (χ3n) is 1.56. The summed E-state index contributed by atoms with van der Waals surface area (Å²) in [5, 5.41) is 0.398. The molecule has 0 radical (unpaired) electrons. The van der Waals surface area contributed by atoms with E-state index in [-0.39, 0.29) is 5.78 Å². The lowest BCUT2D eigenvalue weighted by Gasteiger charge is -2.18. The molecule has 0 saturated carbocycles. The highest BCUT2D eigenvalue weighted by Crippen LogP contribution is 2.28. The van der Waals surface area contributed by atoms with Gasteiger partial charge in [0.15, 0.2) is 0 Å². The maximum atomic E-state index is 10.8. The van der Waals surface area contributed by atoms with Gasteiger partial charge < -0.3 is 0 Å². The normalized spacial score (nSPS) is 11.1. The molecule has 0 aliphatic heterocycles. The van der Waals surface area contributed by atoms with E-state index in [1.807, 2.05) is 0 Å². The van der Waals surface area contributed by atoms with Crippen LogP contribution in [0.4, 0.5) is 0 Å². The van der Waals surface area contributed by atoms with E-state index in [0.29, 0.717) is 5.03 Å². The molecule has 0 unspecified atom stereocenters. The Morgan fingerprint density at radius 3 is 1.89 bits per heavy atom. The first-order chi connectivity index (χ1) is 3.89. The van der Waals surface area contributed by atoms with E-state index in [2.05, 4.69) is 6.58 Å². The topological polar surface area (TPSA) is 17.1 Å². The number of Topliss-reactive ketones (excluding diaryl/α,β-unsaturated/α-hetero) is 1. The van der Waals surface area contributed by atoms with Gasteiger partial charge in [-0.1, -0.05) is 18.2 Å². The minimum Gasteiger partial charge on any atom is -0.299 e. The number of hydrogen-bond acceptors (Lipinski definition) is 1. The first kappa shape index (κ1) is 8.70. The summed E-state index contributed by atoms with van der Waals surface area (Å²) < 4.78 is 0. The molecule has 0 aliphatic rings. The van der Waals surface area contributed by atoms with Crippen LogP contribution >= 0.6 is 11.6 Å². The van der Waals surface area contributed by atoms with Crippen LogP contribution in [0.2, 0.25) is 0 Å². The third-order valence-corrected chi connectivity index (χ3v) is 2.03. The van der Waals surface area contributed by atoms with Gasteiger partial charge in [-0.25, -0.2) is 0 Å². The summed E-state index contributed by atoms with van der Waals surface area (Å²) in [4.78, 5) is 10.8. The molecular weight excluding hydrogens is 136 g/mol. The minimum absolute atomic E-state index is 0.0440. The van der Waals surface area contributed by atoms with Crippen LogP contribution < -0.4 is 0 Å². The fourth-order valence-electron chi connectivity index (χ4n) is 0.191. The zero-order chi connectivity index (χ0) is 7.65. The number of allylic oxidation sites excluding steroid dienone is 1. The molecule has 0 aliphatic carbocycles. The molecule has 0 spiro atoms. The van der Waals surface area contributed by atoms with Crippen LogP contribution in [0.25, 0.3) is 0 Å². The molecule has 0 aromatic rings. The standard InChI is InChI=1S/C7H11ClO/c1-5(8)7(3,4)6(2)9/h1H2,2-4H3. The number of hydrogen-bond donors (Lipinski definition) is 0. The van der Waals surface area contributed by atoms with Crippen molar-refractivity contribution < 1.29 is 4.79 Å². The molecule has 0 aromatic carbocycles. The first-order valence-electron chi connectivity index (χ1n) is 2.75. The van der Waals surface area contributed by atoms with Crippen molar-refractivity contribution in [2.24, 2.45) is 5.41 Å². The van der Waals surface area contributed by atoms with E-state index in [4.69, 9.17) is 11.6 Å². The largest absolute Gasteiger partial charge is 0.299 e. The molecule has 0 N–H and O–H groups in total. The second kappa shape index (κ2) is 2.53. The molecule has 0 amide bonds. The molecule has 0 fully saturated rings. The Kier molecular flexibility index (Phi) is 2.44. The van der Waals surface area contributed by atoms with E-state index in [1.165, 1.54) is 6.92 Å². The Labute approximate surface area is 60.7 Å². The van der Waals surface area contributed by atoms with Crippen LogP contribution in [0.1, 0.15) is 20.8 Å². The third kappa shape index (κ3) is 1.83. The van der Waals surface area contributed by atoms with Gasteiger partial charge >= 0.3 is 0 Å². The molecule has 2 heteroatoms. The molecule has 0 aromatic heterocycles. The Morgan fingerprint density at radius 2 is 1.89 bits per heavy atom. The van der Waals surface area contributed by atoms with E-state index in [9.17, 15) is 4.79 Å². The van der Waals surface area contributed by atoms with Crippen LogP contribution in [-0.4, -0.2) is 5.78 Å². The van der Waals surface area contributed by atoms with Crippen molar-refractivity contribution in [3.63, 3.8) is 0 Å². The van der Waals surface area contributed by atoms with Crippen molar-refractivity contribution >= 4 is 17.4 Å². The molecular formula is C7H11ClO. The van der Waals surface area contributed by atoms with Crippen molar-refractivity contribution in [3.05, 3.63) is 11.6 Å². The monoisotopic (exact) mass is 146 g/mol. The molecule has 0 atom stereocenters. The number of carbonyl (C=O) groups is 1. The fraction of sp³-hybridized carbons (Fsp3) is 0.571. The van der Waals surface area contributed by atoms with Gasteiger partial charge in [-0.3, -0.25) is 4.79 Å². The SMILES string of the molecule is C=C(Cl)C(C)(C)C(C)=O. The first-order valence-corrected chi connectivity index (χ1v) is 3.12. The van der Waals surface area contributed by atoms with Gasteiger partial charge in [0.25, 0.3) is 0 Å². The minimum atomic E-state index is -0.568. The summed E-state index contributed by atoms with van der Waals surface area (Å²) >= 11 is 5.55. The summed E-state index contributed by atoms with van der Waals surface area (Å²) in [5.41, 5.74) is -0.568. The van der Waals surface area contributed by atoms with E-state index in [1.54, 1.807) is 13.8 Å². The van der Waals surface area contributed by atoms with Crippen molar-refractivity contribution in [3.8, 4) is 0 Å². The Morgan fingerprint density at radius 1 is 1.56 bits per heavy atom. The van der Waals surface area contributed by atoms with Crippen molar-refractivity contribution in [1.82, 2.24) is 0 Å². The highest BCUT2D eigenvalue weighted by Gasteiger charge is 2.25. The predicted octanol–water partition coefficient (Wildman–Crippen LogP) is 2.35. The molecule has 0 heterocycles. The van der Waals surface area contributed by atoms with Crippen LogP contribution in [0.5, 0.6) is 0 Å². The number of halogens is 1. The molecule has 0 bridgehead atoms. The lowest BCUT2D eigenvalue weighted by Crippen LogP contribution is -2.20. The average molecular weight is 147 g/mol. The average Bonchev–Trinajstić information content (AvgIpc) is 1.65. The lowest BCUT2D eigenvalue weighted by atomic mass is 9.89. The lowest BCUT2D eigenvalue weighted by molar-refractivity contribution is -0.122. The van der Waals surface area contributed by atoms with Crippen molar-refractivity contribution in [2.75, 3.05) is 0 Å². The molecule has 9 heavy (non-hydrogen) atoms. The highest BCUT2D eigenvalue weighted by molar-refractivity contribution is 6.31.